The maximum absolute atomic E-state index is 5.14. The molecule has 0 N–H and O–H groups in total. The lowest BCUT2D eigenvalue weighted by atomic mass is 9.86. The van der Waals surface area contributed by atoms with Crippen LogP contribution in [0.25, 0.3) is 75.9 Å². The third-order valence-electron chi connectivity index (χ3n) is 21.7. The second-order valence-corrected chi connectivity index (χ2v) is 32.6. The normalized spacial score (nSPS) is 12.4. The van der Waals surface area contributed by atoms with Crippen molar-refractivity contribution in [1.82, 2.24) is 19.9 Å². The molecular weight excluding hydrogens is 1270 g/mol. The summed E-state index contributed by atoms with van der Waals surface area (Å²) in [5.41, 5.74) is 25.1. The molecule has 0 spiro atoms. The Labute approximate surface area is 612 Å². The van der Waals surface area contributed by atoms with E-state index in [1.54, 1.807) is 0 Å². The zero-order valence-corrected chi connectivity index (χ0v) is 62.8. The minimum absolute atomic E-state index is 0.0911. The number of pyridine rings is 4. The number of fused-ring (bicyclic) bond motifs is 4. The molecule has 0 unspecified atom stereocenters. The van der Waals surface area contributed by atoms with Crippen molar-refractivity contribution in [2.75, 3.05) is 19.6 Å². The van der Waals surface area contributed by atoms with Crippen LogP contribution in [0.5, 0.6) is 0 Å². The van der Waals surface area contributed by atoms with Crippen LogP contribution in [0.2, 0.25) is 0 Å². The van der Waals surface area contributed by atoms with Crippen molar-refractivity contribution in [2.24, 2.45) is 0 Å². The van der Waals surface area contributed by atoms with Crippen molar-refractivity contribution >= 4 is 144 Å². The van der Waals surface area contributed by atoms with Crippen LogP contribution < -0.4 is 19.6 Å². The van der Waals surface area contributed by atoms with Crippen LogP contribution in [-0.2, 0) is 21.7 Å². The standard InChI is InChI=1S/C96H90N8/c1-59-79(49-25-63-21-17-53-97-89(59)63)101(71-37-29-67(30-38-71)93(5,6)7)83-57-84(102(72-39-31-68(32-40-72)94(8,9)10)80-50-26-64-22-18-54-98-90(64)60(80)2)76-47-48-78-86(104(74-43-35-70(36-44-74)96(14,15)16)82-52-28-66-24-20-56-100-92(66)62(82)4)58-85(77-46-45-75(83)87(76)88(77)78)103(73-41-33-69(34-42-73)95(11,12)13)81-51-27-65-23-19-55-99-91(65)61(81)3/h17-58H,1-16H3. The summed E-state index contributed by atoms with van der Waals surface area (Å²) in [6, 6.07) is 86.8. The Balaban J connectivity index is 1.13. The van der Waals surface area contributed by atoms with Crippen LogP contribution in [0.3, 0.4) is 0 Å². The van der Waals surface area contributed by atoms with Gasteiger partial charge in [-0.1, -0.05) is 204 Å². The Morgan fingerprint density at radius 2 is 0.423 bits per heavy atom. The van der Waals surface area contributed by atoms with E-state index in [4.69, 9.17) is 19.9 Å². The molecule has 0 saturated carbocycles. The molecule has 4 aromatic heterocycles. The molecule has 8 nitrogen and oxygen atoms in total. The molecule has 0 radical (unpaired) electrons. The summed E-state index contributed by atoms with van der Waals surface area (Å²) in [5.74, 6) is 0. The molecular formula is C96H90N8. The van der Waals surface area contributed by atoms with Crippen molar-refractivity contribution in [3.8, 4) is 0 Å². The molecule has 12 aromatic carbocycles. The van der Waals surface area contributed by atoms with Gasteiger partial charge in [-0.2, -0.15) is 0 Å². The first kappa shape index (κ1) is 67.0. The first-order valence-corrected chi connectivity index (χ1v) is 36.6. The molecule has 0 aliphatic carbocycles. The quantitative estimate of drug-likeness (QED) is 0.112. The molecule has 16 aromatic rings. The first-order chi connectivity index (χ1) is 49.8. The van der Waals surface area contributed by atoms with Crippen LogP contribution in [0.1, 0.15) is 128 Å². The van der Waals surface area contributed by atoms with E-state index in [0.717, 1.165) is 166 Å². The zero-order valence-electron chi connectivity index (χ0n) is 62.8. The van der Waals surface area contributed by atoms with E-state index in [1.807, 2.05) is 49.1 Å². The van der Waals surface area contributed by atoms with Gasteiger partial charge in [0.05, 0.1) is 67.6 Å². The molecule has 104 heavy (non-hydrogen) atoms. The maximum atomic E-state index is 5.14. The molecule has 0 aliphatic rings. The SMILES string of the molecule is Cc1c(N(c2ccc(C(C)(C)C)cc2)c2cc(N(c3ccc(C(C)(C)C)cc3)c3ccc4cccnc4c3C)c3ccc4c(N(c5ccc(C(C)(C)C)cc5)c5ccc6cccnc6c5C)cc(N(c5ccc(C(C)(C)C)cc5)c5ccc6cccnc6c5C)c5ccc2c3c54)ccc2cccnc12. The monoisotopic (exact) mass is 1350 g/mol. The molecule has 514 valence electrons. The van der Waals surface area contributed by atoms with Crippen LogP contribution >= 0.6 is 0 Å². The third kappa shape index (κ3) is 11.6. The third-order valence-corrected chi connectivity index (χ3v) is 21.7. The number of aryl methyl sites for hydroxylation is 4. The predicted octanol–water partition coefficient (Wildman–Crippen LogP) is 27.1. The lowest BCUT2D eigenvalue weighted by Crippen LogP contribution is -2.18. The summed E-state index contributed by atoms with van der Waals surface area (Å²) in [4.78, 5) is 30.7. The molecule has 0 amide bonds. The van der Waals surface area contributed by atoms with Crippen molar-refractivity contribution in [3.63, 3.8) is 0 Å². The summed E-state index contributed by atoms with van der Waals surface area (Å²) in [7, 11) is 0. The number of anilines is 12. The summed E-state index contributed by atoms with van der Waals surface area (Å²) in [6.07, 6.45) is 7.69. The van der Waals surface area contributed by atoms with Crippen LogP contribution in [0.15, 0.2) is 255 Å². The molecule has 0 aliphatic heterocycles. The van der Waals surface area contributed by atoms with E-state index >= 15 is 0 Å². The number of nitrogens with zero attached hydrogens (tertiary/aromatic N) is 8. The Kier molecular flexibility index (Phi) is 16.2. The molecule has 8 heteroatoms. The Bertz CT molecular complexity index is 5270. The van der Waals surface area contributed by atoms with Gasteiger partial charge in [0.15, 0.2) is 0 Å². The lowest BCUT2D eigenvalue weighted by molar-refractivity contribution is 0.590. The van der Waals surface area contributed by atoms with Crippen molar-refractivity contribution in [2.45, 2.75) is 132 Å². The van der Waals surface area contributed by atoms with Crippen molar-refractivity contribution in [1.29, 1.82) is 0 Å². The number of aromatic nitrogens is 4. The Morgan fingerprint density at radius 1 is 0.221 bits per heavy atom. The zero-order chi connectivity index (χ0) is 72.5. The molecule has 0 fully saturated rings. The number of benzene rings is 12. The molecule has 16 rings (SSSR count). The predicted molar refractivity (Wildman–Crippen MR) is 444 cm³/mol. The van der Waals surface area contributed by atoms with Gasteiger partial charge in [0.25, 0.3) is 0 Å². The van der Waals surface area contributed by atoms with Gasteiger partial charge in [-0.15, -0.1) is 0 Å². The van der Waals surface area contributed by atoms with Gasteiger partial charge < -0.3 is 19.6 Å². The summed E-state index contributed by atoms with van der Waals surface area (Å²) in [6.45, 7) is 36.5. The second-order valence-electron chi connectivity index (χ2n) is 32.6. The average molecular weight is 1360 g/mol. The minimum Gasteiger partial charge on any atom is -0.309 e. The van der Waals surface area contributed by atoms with E-state index in [1.165, 1.54) is 22.3 Å². The largest absolute Gasteiger partial charge is 0.309 e. The highest BCUT2D eigenvalue weighted by Crippen LogP contribution is 2.57. The summed E-state index contributed by atoms with van der Waals surface area (Å²) >= 11 is 0. The van der Waals surface area contributed by atoms with Gasteiger partial charge in [-0.3, -0.25) is 19.9 Å². The molecule has 0 atom stereocenters. The van der Waals surface area contributed by atoms with Crippen molar-refractivity contribution < 1.29 is 0 Å². The second kappa shape index (κ2) is 25.2. The number of rotatable bonds is 12. The fourth-order valence-corrected chi connectivity index (χ4v) is 15.8. The maximum Gasteiger partial charge on any atom is 0.0751 e. The van der Waals surface area contributed by atoms with Gasteiger partial charge in [0.1, 0.15) is 0 Å². The Morgan fingerprint density at radius 3 is 0.615 bits per heavy atom. The number of hydrogen-bond acceptors (Lipinski definition) is 8. The van der Waals surface area contributed by atoms with Gasteiger partial charge in [0, 0.05) is 101 Å². The van der Waals surface area contributed by atoms with E-state index in [2.05, 4.69) is 337 Å². The molecule has 4 heterocycles. The summed E-state index contributed by atoms with van der Waals surface area (Å²) in [5, 5.41) is 10.9. The fraction of sp³-hybridized carbons (Fsp3) is 0.208. The van der Waals surface area contributed by atoms with Crippen molar-refractivity contribution in [3.05, 3.63) is 300 Å². The van der Waals surface area contributed by atoms with E-state index in [9.17, 15) is 0 Å². The van der Waals surface area contributed by atoms with Crippen LogP contribution in [0, 0.1) is 27.7 Å². The van der Waals surface area contributed by atoms with Crippen LogP contribution in [0.4, 0.5) is 68.2 Å². The topological polar surface area (TPSA) is 64.5 Å². The smallest absolute Gasteiger partial charge is 0.0751 e. The van der Waals surface area contributed by atoms with E-state index in [-0.39, 0.29) is 21.7 Å². The highest BCUT2D eigenvalue weighted by atomic mass is 15.2. The average Bonchev–Trinajstić information content (AvgIpc) is 0.697. The van der Waals surface area contributed by atoms with Gasteiger partial charge in [0.2, 0.25) is 0 Å². The highest BCUT2D eigenvalue weighted by molar-refractivity contribution is 6.33. The van der Waals surface area contributed by atoms with Gasteiger partial charge in [-0.05, 0) is 203 Å². The summed E-state index contributed by atoms with van der Waals surface area (Å²) < 4.78 is 0. The van der Waals surface area contributed by atoms with Gasteiger partial charge in [-0.25, -0.2) is 0 Å². The fourth-order valence-electron chi connectivity index (χ4n) is 15.8. The first-order valence-electron chi connectivity index (χ1n) is 36.6. The van der Waals surface area contributed by atoms with E-state index < -0.39 is 0 Å². The van der Waals surface area contributed by atoms with Crippen LogP contribution in [-0.4, -0.2) is 19.9 Å². The Hall–Kier alpha value is -11.5. The highest BCUT2D eigenvalue weighted by Gasteiger charge is 2.33. The van der Waals surface area contributed by atoms with Gasteiger partial charge >= 0.3 is 0 Å². The number of hydrogen-bond donors (Lipinski definition) is 0. The molecule has 0 bridgehead atoms. The van der Waals surface area contributed by atoms with E-state index in [0.29, 0.717) is 0 Å². The molecule has 0 saturated heterocycles. The lowest BCUT2D eigenvalue weighted by Gasteiger charge is -2.36. The minimum atomic E-state index is -0.0911.